The van der Waals surface area contributed by atoms with Gasteiger partial charge in [0.2, 0.25) is 0 Å². The van der Waals surface area contributed by atoms with E-state index in [0.717, 1.165) is 11.1 Å². The van der Waals surface area contributed by atoms with Crippen LogP contribution in [-0.2, 0) is 14.8 Å². The van der Waals surface area contributed by atoms with Gasteiger partial charge in [-0.25, -0.2) is 8.42 Å². The molecule has 0 saturated heterocycles. The van der Waals surface area contributed by atoms with Gasteiger partial charge in [-0.3, -0.25) is 9.52 Å². The molecule has 1 amide bonds. The fraction of sp³-hybridized carbons (Fsp3) is 0.174. The van der Waals surface area contributed by atoms with Crippen LogP contribution in [0.2, 0.25) is 0 Å². The molecule has 0 spiro atoms. The average Bonchev–Trinajstić information content (AvgIpc) is 2.75. The molecule has 162 valence electrons. The molecule has 7 nitrogen and oxygen atoms in total. The first-order valence-electron chi connectivity index (χ1n) is 9.55. The maximum atomic E-state index is 12.7. The van der Waals surface area contributed by atoms with Crippen molar-refractivity contribution in [1.82, 2.24) is 0 Å². The summed E-state index contributed by atoms with van der Waals surface area (Å²) in [6.45, 7) is 3.47. The third-order valence-electron chi connectivity index (χ3n) is 4.59. The standard InChI is InChI=1S/C23H24N2O5S/c1-16-7-6-8-17(2)23(16)25-31(27,28)19-13-11-18(12-14-19)24-22(26)15-30-21-10-5-4-9-20(21)29-3/h4-14,25H,15H2,1-3H3,(H,24,26). The van der Waals surface area contributed by atoms with Crippen molar-refractivity contribution in [2.45, 2.75) is 18.7 Å². The Bertz CT molecular complexity index is 1150. The summed E-state index contributed by atoms with van der Waals surface area (Å²) in [5.41, 5.74) is 2.69. The molecule has 8 heteroatoms. The van der Waals surface area contributed by atoms with Crippen molar-refractivity contribution in [2.24, 2.45) is 0 Å². The molecule has 0 aliphatic heterocycles. The van der Waals surface area contributed by atoms with E-state index < -0.39 is 10.0 Å². The Morgan fingerprint density at radius 1 is 0.871 bits per heavy atom. The normalized spacial score (nSPS) is 10.9. The lowest BCUT2D eigenvalue weighted by Crippen LogP contribution is -2.20. The quantitative estimate of drug-likeness (QED) is 0.549. The summed E-state index contributed by atoms with van der Waals surface area (Å²) in [5.74, 6) is 0.607. The van der Waals surface area contributed by atoms with E-state index >= 15 is 0 Å². The van der Waals surface area contributed by atoms with E-state index in [2.05, 4.69) is 10.0 Å². The number of methoxy groups -OCH3 is 1. The van der Waals surface area contributed by atoms with Gasteiger partial charge in [-0.15, -0.1) is 0 Å². The van der Waals surface area contributed by atoms with Gasteiger partial charge in [0.15, 0.2) is 18.1 Å². The molecule has 0 unspecified atom stereocenters. The number of nitrogens with one attached hydrogen (secondary N) is 2. The molecule has 0 aromatic heterocycles. The van der Waals surface area contributed by atoms with E-state index in [1.54, 1.807) is 24.3 Å². The van der Waals surface area contributed by atoms with Crippen LogP contribution in [0.1, 0.15) is 11.1 Å². The number of aryl methyl sites for hydroxylation is 2. The fourth-order valence-corrected chi connectivity index (χ4v) is 4.17. The topological polar surface area (TPSA) is 93.7 Å². The third kappa shape index (κ3) is 5.55. The predicted octanol–water partition coefficient (Wildman–Crippen LogP) is 4.13. The maximum Gasteiger partial charge on any atom is 0.262 e. The highest BCUT2D eigenvalue weighted by molar-refractivity contribution is 7.92. The molecule has 0 atom stereocenters. The summed E-state index contributed by atoms with van der Waals surface area (Å²) in [6.07, 6.45) is 0. The largest absolute Gasteiger partial charge is 0.493 e. The Labute approximate surface area is 182 Å². The Morgan fingerprint density at radius 3 is 2.10 bits per heavy atom. The summed E-state index contributed by atoms with van der Waals surface area (Å²) in [6, 6.07) is 18.5. The molecule has 0 saturated carbocycles. The third-order valence-corrected chi connectivity index (χ3v) is 5.96. The lowest BCUT2D eigenvalue weighted by atomic mass is 10.1. The van der Waals surface area contributed by atoms with Crippen molar-refractivity contribution < 1.29 is 22.7 Å². The Balaban J connectivity index is 1.63. The number of carbonyl (C=O) groups excluding carboxylic acids is 1. The van der Waals surface area contributed by atoms with Gasteiger partial charge in [0.05, 0.1) is 17.7 Å². The Kier molecular flexibility index (Phi) is 6.81. The average molecular weight is 441 g/mol. The van der Waals surface area contributed by atoms with E-state index in [9.17, 15) is 13.2 Å². The minimum absolute atomic E-state index is 0.0958. The lowest BCUT2D eigenvalue weighted by Gasteiger charge is -2.14. The number of hydrogen-bond donors (Lipinski definition) is 2. The molecule has 31 heavy (non-hydrogen) atoms. The highest BCUT2D eigenvalue weighted by Crippen LogP contribution is 2.26. The van der Waals surface area contributed by atoms with Crippen LogP contribution in [0, 0.1) is 13.8 Å². The number of hydrogen-bond acceptors (Lipinski definition) is 5. The van der Waals surface area contributed by atoms with Crippen molar-refractivity contribution in [1.29, 1.82) is 0 Å². The van der Waals surface area contributed by atoms with E-state index in [4.69, 9.17) is 9.47 Å². The van der Waals surface area contributed by atoms with Crippen LogP contribution in [-0.4, -0.2) is 28.0 Å². The van der Waals surface area contributed by atoms with Crippen LogP contribution in [0.15, 0.2) is 71.6 Å². The molecule has 0 aliphatic rings. The highest BCUT2D eigenvalue weighted by Gasteiger charge is 2.17. The first kappa shape index (κ1) is 22.2. The number of benzene rings is 3. The summed E-state index contributed by atoms with van der Waals surface area (Å²) in [5, 5.41) is 2.68. The van der Waals surface area contributed by atoms with Crippen molar-refractivity contribution in [3.05, 3.63) is 77.9 Å². The molecule has 2 N–H and O–H groups in total. The van der Waals surface area contributed by atoms with Crippen LogP contribution < -0.4 is 19.5 Å². The van der Waals surface area contributed by atoms with E-state index in [0.29, 0.717) is 22.9 Å². The van der Waals surface area contributed by atoms with Crippen molar-refractivity contribution >= 4 is 27.3 Å². The first-order valence-corrected chi connectivity index (χ1v) is 11.0. The molecule has 3 aromatic carbocycles. The summed E-state index contributed by atoms with van der Waals surface area (Å²) in [4.78, 5) is 12.3. The smallest absolute Gasteiger partial charge is 0.262 e. The molecule has 0 aliphatic carbocycles. The molecular weight excluding hydrogens is 416 g/mol. The van der Waals surface area contributed by atoms with Gasteiger partial charge >= 0.3 is 0 Å². The zero-order valence-electron chi connectivity index (χ0n) is 17.5. The van der Waals surface area contributed by atoms with Gasteiger partial charge < -0.3 is 14.8 Å². The number of amides is 1. The van der Waals surface area contributed by atoms with Gasteiger partial charge in [-0.1, -0.05) is 30.3 Å². The Hall–Kier alpha value is -3.52. The second-order valence-electron chi connectivity index (χ2n) is 6.88. The van der Waals surface area contributed by atoms with Gasteiger partial charge in [0.1, 0.15) is 0 Å². The molecule has 0 fully saturated rings. The van der Waals surface area contributed by atoms with Crippen LogP contribution in [0.3, 0.4) is 0 Å². The maximum absolute atomic E-state index is 12.7. The summed E-state index contributed by atoms with van der Waals surface area (Å²) < 4.78 is 38.8. The van der Waals surface area contributed by atoms with E-state index in [-0.39, 0.29) is 17.4 Å². The van der Waals surface area contributed by atoms with Crippen LogP contribution in [0.4, 0.5) is 11.4 Å². The number of rotatable bonds is 8. The summed E-state index contributed by atoms with van der Waals surface area (Å²) in [7, 11) is -2.24. The first-order chi connectivity index (χ1) is 14.8. The van der Waals surface area contributed by atoms with Crippen molar-refractivity contribution in [3.63, 3.8) is 0 Å². The molecule has 3 aromatic rings. The number of sulfonamides is 1. The second kappa shape index (κ2) is 9.53. The van der Waals surface area contributed by atoms with Gasteiger partial charge in [-0.05, 0) is 61.4 Å². The molecule has 0 bridgehead atoms. The van der Waals surface area contributed by atoms with Crippen molar-refractivity contribution in [2.75, 3.05) is 23.8 Å². The number of ether oxygens (including phenoxy) is 2. The van der Waals surface area contributed by atoms with E-state index in [1.165, 1.54) is 31.4 Å². The zero-order valence-corrected chi connectivity index (χ0v) is 18.3. The number of carbonyl (C=O) groups is 1. The van der Waals surface area contributed by atoms with Gasteiger partial charge in [0, 0.05) is 5.69 Å². The zero-order chi connectivity index (χ0) is 22.4. The molecule has 0 radical (unpaired) electrons. The molecule has 0 heterocycles. The SMILES string of the molecule is COc1ccccc1OCC(=O)Nc1ccc(S(=O)(=O)Nc2c(C)cccc2C)cc1. The van der Waals surface area contributed by atoms with Crippen LogP contribution in [0.5, 0.6) is 11.5 Å². The van der Waals surface area contributed by atoms with Gasteiger partial charge in [-0.2, -0.15) is 0 Å². The minimum atomic E-state index is -3.76. The van der Waals surface area contributed by atoms with Gasteiger partial charge in [0.25, 0.3) is 15.9 Å². The Morgan fingerprint density at radius 2 is 1.48 bits per heavy atom. The molecule has 3 rings (SSSR count). The monoisotopic (exact) mass is 440 g/mol. The molecular formula is C23H24N2O5S. The van der Waals surface area contributed by atoms with Crippen LogP contribution >= 0.6 is 0 Å². The second-order valence-corrected chi connectivity index (χ2v) is 8.57. The number of para-hydroxylation sites is 3. The minimum Gasteiger partial charge on any atom is -0.493 e. The highest BCUT2D eigenvalue weighted by atomic mass is 32.2. The van der Waals surface area contributed by atoms with E-state index in [1.807, 2.05) is 32.0 Å². The summed E-state index contributed by atoms with van der Waals surface area (Å²) >= 11 is 0. The van der Waals surface area contributed by atoms with Crippen LogP contribution in [0.25, 0.3) is 0 Å². The fourth-order valence-electron chi connectivity index (χ4n) is 2.96. The lowest BCUT2D eigenvalue weighted by molar-refractivity contribution is -0.118. The number of anilines is 2. The predicted molar refractivity (Wildman–Crippen MR) is 120 cm³/mol. The van der Waals surface area contributed by atoms with Crippen molar-refractivity contribution in [3.8, 4) is 11.5 Å².